The summed E-state index contributed by atoms with van der Waals surface area (Å²) >= 11 is 8.66. The van der Waals surface area contributed by atoms with Crippen LogP contribution in [0.1, 0.15) is 25.3 Å². The number of thiocarbonyl (C=S) groups is 1. The molecule has 0 aliphatic rings. The average molecular weight is 367 g/mol. The highest BCUT2D eigenvalue weighted by atomic mass is 79.9. The van der Waals surface area contributed by atoms with Gasteiger partial charge in [0.25, 0.3) is 0 Å². The van der Waals surface area contributed by atoms with E-state index in [0.717, 1.165) is 36.2 Å². The Morgan fingerprint density at radius 1 is 1.29 bits per heavy atom. The predicted octanol–water partition coefficient (Wildman–Crippen LogP) is 3.78. The van der Waals surface area contributed by atoms with Gasteiger partial charge in [0, 0.05) is 23.3 Å². The molecule has 0 radical (unpaired) electrons. The van der Waals surface area contributed by atoms with Crippen LogP contribution in [0.15, 0.2) is 41.0 Å². The molecule has 0 fully saturated rings. The van der Waals surface area contributed by atoms with Crippen molar-refractivity contribution in [2.24, 2.45) is 0 Å². The number of hydrogen-bond donors (Lipinski definition) is 2. The topological polar surface area (TPSA) is 41.9 Å². The predicted molar refractivity (Wildman–Crippen MR) is 94.6 cm³/mol. The Labute approximate surface area is 139 Å². The van der Waals surface area contributed by atoms with Gasteiger partial charge < -0.3 is 10.6 Å². The zero-order valence-corrected chi connectivity index (χ0v) is 14.4. The second kappa shape index (κ2) is 8.14. The van der Waals surface area contributed by atoms with Gasteiger partial charge in [-0.1, -0.05) is 41.4 Å². The van der Waals surface area contributed by atoms with Gasteiger partial charge in [0.05, 0.1) is 6.54 Å². The summed E-state index contributed by atoms with van der Waals surface area (Å²) in [4.78, 5) is 0. The largest absolute Gasteiger partial charge is 0.362 e. The van der Waals surface area contributed by atoms with E-state index in [4.69, 9.17) is 12.2 Å². The van der Waals surface area contributed by atoms with Gasteiger partial charge in [0.15, 0.2) is 10.9 Å². The smallest absolute Gasteiger partial charge is 0.171 e. The van der Waals surface area contributed by atoms with Crippen molar-refractivity contribution in [3.63, 3.8) is 0 Å². The van der Waals surface area contributed by atoms with Gasteiger partial charge in [-0.3, -0.25) is 4.68 Å². The molecule has 6 heteroatoms. The van der Waals surface area contributed by atoms with E-state index < -0.39 is 0 Å². The van der Waals surface area contributed by atoms with Gasteiger partial charge in [-0.05, 0) is 36.3 Å². The van der Waals surface area contributed by atoms with Gasteiger partial charge in [0.1, 0.15) is 0 Å². The summed E-state index contributed by atoms with van der Waals surface area (Å²) < 4.78 is 2.97. The van der Waals surface area contributed by atoms with Crippen LogP contribution in [-0.2, 0) is 6.54 Å². The Morgan fingerprint density at radius 2 is 2.05 bits per heavy atom. The molecular weight excluding hydrogens is 348 g/mol. The SMILES string of the molecule is CCCCNC(=S)Nc1ccn(Cc2ccc(Br)cc2)n1. The first-order chi connectivity index (χ1) is 10.2. The molecule has 2 rings (SSSR count). The van der Waals surface area contributed by atoms with Crippen molar-refractivity contribution < 1.29 is 0 Å². The van der Waals surface area contributed by atoms with Crippen molar-refractivity contribution in [1.29, 1.82) is 0 Å². The number of anilines is 1. The minimum atomic E-state index is 0.623. The maximum atomic E-state index is 5.23. The van der Waals surface area contributed by atoms with Crippen LogP contribution >= 0.6 is 28.1 Å². The standard InChI is InChI=1S/C15H19BrN4S/c1-2-3-9-17-15(21)18-14-8-10-20(19-14)11-12-4-6-13(16)7-5-12/h4-8,10H,2-3,9,11H2,1H3,(H2,17,18,19,21). The summed E-state index contributed by atoms with van der Waals surface area (Å²) in [5, 5.41) is 11.3. The van der Waals surface area contributed by atoms with Crippen molar-refractivity contribution in [2.45, 2.75) is 26.3 Å². The first-order valence-electron chi connectivity index (χ1n) is 7.00. The fourth-order valence-corrected chi connectivity index (χ4v) is 2.30. The van der Waals surface area contributed by atoms with E-state index in [1.54, 1.807) is 0 Å². The van der Waals surface area contributed by atoms with Crippen molar-refractivity contribution in [2.75, 3.05) is 11.9 Å². The molecule has 1 aromatic heterocycles. The van der Waals surface area contributed by atoms with Crippen molar-refractivity contribution >= 4 is 39.1 Å². The molecule has 0 saturated heterocycles. The van der Waals surface area contributed by atoms with E-state index in [0.29, 0.717) is 5.11 Å². The summed E-state index contributed by atoms with van der Waals surface area (Å²) in [6, 6.07) is 10.1. The first kappa shape index (κ1) is 16.0. The summed E-state index contributed by atoms with van der Waals surface area (Å²) in [5.41, 5.74) is 1.21. The maximum Gasteiger partial charge on any atom is 0.171 e. The van der Waals surface area contributed by atoms with Gasteiger partial charge in [-0.2, -0.15) is 5.10 Å². The fraction of sp³-hybridized carbons (Fsp3) is 0.333. The summed E-state index contributed by atoms with van der Waals surface area (Å²) in [7, 11) is 0. The van der Waals surface area contributed by atoms with Crippen molar-refractivity contribution in [3.05, 3.63) is 46.6 Å². The van der Waals surface area contributed by atoms with Gasteiger partial charge in [-0.15, -0.1) is 0 Å². The van der Waals surface area contributed by atoms with E-state index in [2.05, 4.69) is 50.7 Å². The molecule has 0 bridgehead atoms. The molecule has 0 aliphatic heterocycles. The highest BCUT2D eigenvalue weighted by Gasteiger charge is 2.02. The number of nitrogens with one attached hydrogen (secondary N) is 2. The van der Waals surface area contributed by atoms with Crippen LogP contribution in [0, 0.1) is 0 Å². The summed E-state index contributed by atoms with van der Waals surface area (Å²) in [6.07, 6.45) is 4.20. The number of hydrogen-bond acceptors (Lipinski definition) is 2. The molecule has 0 atom stereocenters. The molecule has 2 N–H and O–H groups in total. The van der Waals surface area contributed by atoms with E-state index >= 15 is 0 Å². The van der Waals surface area contributed by atoms with Gasteiger partial charge in [0.2, 0.25) is 0 Å². The Hall–Kier alpha value is -1.40. The molecule has 1 aromatic carbocycles. The minimum Gasteiger partial charge on any atom is -0.362 e. The van der Waals surface area contributed by atoms with Gasteiger partial charge in [-0.25, -0.2) is 0 Å². The number of benzene rings is 1. The average Bonchev–Trinajstić information content (AvgIpc) is 2.89. The molecule has 112 valence electrons. The second-order valence-electron chi connectivity index (χ2n) is 4.76. The number of nitrogens with zero attached hydrogens (tertiary/aromatic N) is 2. The lowest BCUT2D eigenvalue weighted by Crippen LogP contribution is -2.29. The van der Waals surface area contributed by atoms with Crippen LogP contribution in [0.4, 0.5) is 5.82 Å². The highest BCUT2D eigenvalue weighted by Crippen LogP contribution is 2.12. The third-order valence-corrected chi connectivity index (χ3v) is 3.73. The van der Waals surface area contributed by atoms with Crippen molar-refractivity contribution in [3.8, 4) is 0 Å². The third kappa shape index (κ3) is 5.47. The molecule has 0 saturated carbocycles. The highest BCUT2D eigenvalue weighted by molar-refractivity contribution is 9.10. The number of halogens is 1. The molecule has 0 aliphatic carbocycles. The monoisotopic (exact) mass is 366 g/mol. The second-order valence-corrected chi connectivity index (χ2v) is 6.08. The number of aromatic nitrogens is 2. The lowest BCUT2D eigenvalue weighted by Gasteiger charge is -2.07. The van der Waals surface area contributed by atoms with Crippen LogP contribution in [-0.4, -0.2) is 21.4 Å². The van der Waals surface area contributed by atoms with Crippen LogP contribution in [0.5, 0.6) is 0 Å². The fourth-order valence-electron chi connectivity index (χ4n) is 1.83. The van der Waals surface area contributed by atoms with Crippen LogP contribution in [0.2, 0.25) is 0 Å². The van der Waals surface area contributed by atoms with Crippen molar-refractivity contribution in [1.82, 2.24) is 15.1 Å². The Morgan fingerprint density at radius 3 is 2.76 bits per heavy atom. The normalized spacial score (nSPS) is 10.4. The molecule has 0 spiro atoms. The molecule has 0 unspecified atom stereocenters. The minimum absolute atomic E-state index is 0.623. The first-order valence-corrected chi connectivity index (χ1v) is 8.20. The molecule has 21 heavy (non-hydrogen) atoms. The molecule has 0 amide bonds. The summed E-state index contributed by atoms with van der Waals surface area (Å²) in [5.74, 6) is 0.765. The Balaban J connectivity index is 1.86. The zero-order valence-electron chi connectivity index (χ0n) is 12.0. The van der Waals surface area contributed by atoms with Crippen LogP contribution in [0.25, 0.3) is 0 Å². The van der Waals surface area contributed by atoms with E-state index in [-0.39, 0.29) is 0 Å². The van der Waals surface area contributed by atoms with Gasteiger partial charge >= 0.3 is 0 Å². The Bertz CT molecular complexity index is 580. The van der Waals surface area contributed by atoms with E-state index in [1.807, 2.05) is 29.1 Å². The molecule has 1 heterocycles. The molecule has 4 nitrogen and oxygen atoms in total. The molecular formula is C15H19BrN4S. The lowest BCUT2D eigenvalue weighted by atomic mass is 10.2. The van der Waals surface area contributed by atoms with E-state index in [9.17, 15) is 0 Å². The number of rotatable bonds is 6. The van der Waals surface area contributed by atoms with E-state index in [1.165, 1.54) is 5.56 Å². The van der Waals surface area contributed by atoms with Crippen LogP contribution < -0.4 is 10.6 Å². The maximum absolute atomic E-state index is 5.23. The summed E-state index contributed by atoms with van der Waals surface area (Å²) in [6.45, 7) is 3.79. The third-order valence-electron chi connectivity index (χ3n) is 2.96. The van der Waals surface area contributed by atoms with Crippen LogP contribution in [0.3, 0.4) is 0 Å². The zero-order chi connectivity index (χ0) is 15.1. The Kier molecular flexibility index (Phi) is 6.20. The quantitative estimate of drug-likeness (QED) is 0.602. The lowest BCUT2D eigenvalue weighted by molar-refractivity contribution is 0.689. The number of unbranched alkanes of at least 4 members (excludes halogenated alkanes) is 1. The molecule has 2 aromatic rings.